The first-order chi connectivity index (χ1) is 17.1. The van der Waals surface area contributed by atoms with E-state index in [0.717, 1.165) is 14.3 Å². The summed E-state index contributed by atoms with van der Waals surface area (Å²) in [7, 11) is -2.69. The van der Waals surface area contributed by atoms with Crippen LogP contribution in [0.25, 0.3) is 0 Å². The minimum absolute atomic E-state index is 0.0273. The third kappa shape index (κ3) is 6.97. The maximum Gasteiger partial charge on any atom is 0.311 e. The van der Waals surface area contributed by atoms with Gasteiger partial charge in [0.25, 0.3) is 5.91 Å². The van der Waals surface area contributed by atoms with Crippen LogP contribution in [0.1, 0.15) is 16.7 Å². The summed E-state index contributed by atoms with van der Waals surface area (Å²) in [6.45, 7) is 1.40. The van der Waals surface area contributed by atoms with Gasteiger partial charge in [-0.25, -0.2) is 13.8 Å². The number of benzene rings is 3. The van der Waals surface area contributed by atoms with Crippen LogP contribution in [0.4, 0.5) is 5.69 Å². The van der Waals surface area contributed by atoms with Gasteiger partial charge < -0.3 is 4.74 Å². The van der Waals surface area contributed by atoms with Gasteiger partial charge >= 0.3 is 5.69 Å². The van der Waals surface area contributed by atoms with Crippen molar-refractivity contribution in [2.75, 3.05) is 13.7 Å². The van der Waals surface area contributed by atoms with E-state index in [4.69, 9.17) is 4.74 Å². The highest BCUT2D eigenvalue weighted by molar-refractivity contribution is 9.10. The van der Waals surface area contributed by atoms with E-state index >= 15 is 0 Å². The molecule has 10 nitrogen and oxygen atoms in total. The summed E-state index contributed by atoms with van der Waals surface area (Å²) in [6, 6.07) is 17.6. The summed E-state index contributed by atoms with van der Waals surface area (Å²) in [4.78, 5) is 23.3. The molecule has 1 amide bonds. The van der Waals surface area contributed by atoms with Gasteiger partial charge in [-0.2, -0.15) is 9.41 Å². The van der Waals surface area contributed by atoms with E-state index in [1.54, 1.807) is 24.3 Å². The summed E-state index contributed by atoms with van der Waals surface area (Å²) in [5.74, 6) is -0.590. The van der Waals surface area contributed by atoms with Gasteiger partial charge in [-0.05, 0) is 48.9 Å². The number of sulfonamides is 1. The number of ether oxygens (including phenoxy) is 1. The minimum atomic E-state index is -4.01. The Bertz CT molecular complexity index is 1380. The molecule has 0 heterocycles. The average Bonchev–Trinajstić information content (AvgIpc) is 2.85. The Labute approximate surface area is 216 Å². The van der Waals surface area contributed by atoms with Gasteiger partial charge in [0.15, 0.2) is 5.75 Å². The van der Waals surface area contributed by atoms with Crippen LogP contribution < -0.4 is 10.2 Å². The number of nitro groups is 1. The fourth-order valence-corrected chi connectivity index (χ4v) is 4.83. The highest BCUT2D eigenvalue weighted by atomic mass is 79.9. The number of carbonyl (C=O) groups is 1. The number of aryl methyl sites for hydroxylation is 1. The van der Waals surface area contributed by atoms with Crippen molar-refractivity contribution in [3.63, 3.8) is 0 Å². The van der Waals surface area contributed by atoms with Gasteiger partial charge in [0.2, 0.25) is 10.0 Å². The molecule has 0 radical (unpaired) electrons. The second-order valence-corrected chi connectivity index (χ2v) is 10.5. The number of hydrogen-bond donors (Lipinski definition) is 1. The zero-order valence-electron chi connectivity index (χ0n) is 19.4. The molecular weight excluding hydrogens is 552 g/mol. The first kappa shape index (κ1) is 27.0. The van der Waals surface area contributed by atoms with E-state index in [2.05, 4.69) is 26.5 Å². The lowest BCUT2D eigenvalue weighted by Gasteiger charge is -2.21. The van der Waals surface area contributed by atoms with Crippen molar-refractivity contribution < 1.29 is 22.9 Å². The number of methoxy groups -OCH3 is 1. The van der Waals surface area contributed by atoms with Crippen molar-refractivity contribution in [2.45, 2.75) is 18.4 Å². The Kier molecular flexibility index (Phi) is 8.91. The van der Waals surface area contributed by atoms with Gasteiger partial charge in [-0.3, -0.25) is 14.9 Å². The van der Waals surface area contributed by atoms with Gasteiger partial charge in [0, 0.05) is 22.6 Å². The second-order valence-electron chi connectivity index (χ2n) is 7.69. The predicted molar refractivity (Wildman–Crippen MR) is 138 cm³/mol. The number of halogens is 1. The largest absolute Gasteiger partial charge is 0.490 e. The number of amides is 1. The molecule has 0 aromatic heterocycles. The first-order valence-corrected chi connectivity index (χ1v) is 12.8. The molecule has 0 saturated heterocycles. The van der Waals surface area contributed by atoms with Crippen LogP contribution in [0.5, 0.6) is 5.75 Å². The molecule has 0 unspecified atom stereocenters. The van der Waals surface area contributed by atoms with Crippen LogP contribution in [0, 0.1) is 17.0 Å². The van der Waals surface area contributed by atoms with Gasteiger partial charge in [-0.15, -0.1) is 0 Å². The Morgan fingerprint density at radius 3 is 2.42 bits per heavy atom. The molecule has 1 N–H and O–H groups in total. The number of carbonyl (C=O) groups excluding carboxylic acids is 1. The normalized spacial score (nSPS) is 11.6. The second kappa shape index (κ2) is 11.9. The van der Waals surface area contributed by atoms with Gasteiger partial charge in [0.05, 0.1) is 29.7 Å². The number of hydrazone groups is 1. The van der Waals surface area contributed by atoms with E-state index in [0.29, 0.717) is 11.1 Å². The fourth-order valence-electron chi connectivity index (χ4n) is 3.18. The van der Waals surface area contributed by atoms with E-state index in [1.165, 1.54) is 43.7 Å². The van der Waals surface area contributed by atoms with Gasteiger partial charge in [0.1, 0.15) is 0 Å². The molecule has 0 saturated carbocycles. The minimum Gasteiger partial charge on any atom is -0.490 e. The molecular formula is C24H23BrN4O6S. The molecule has 3 aromatic carbocycles. The smallest absolute Gasteiger partial charge is 0.311 e. The Morgan fingerprint density at radius 2 is 1.81 bits per heavy atom. The zero-order chi connectivity index (χ0) is 26.3. The van der Waals surface area contributed by atoms with Crippen molar-refractivity contribution in [3.05, 3.63) is 98.0 Å². The molecule has 36 heavy (non-hydrogen) atoms. The SMILES string of the molecule is COc1ccc(/C=N\NC(=O)CN(Cc2ccc(C)cc2)S(=O)(=O)c2ccc(Br)cc2)cc1[N+](=O)[O-]. The van der Waals surface area contributed by atoms with Crippen molar-refractivity contribution in [2.24, 2.45) is 5.10 Å². The molecule has 3 rings (SSSR count). The maximum atomic E-state index is 13.3. The first-order valence-electron chi connectivity index (χ1n) is 10.6. The third-order valence-corrected chi connectivity index (χ3v) is 7.39. The van der Waals surface area contributed by atoms with E-state index in [1.807, 2.05) is 19.1 Å². The van der Waals surface area contributed by atoms with Gasteiger partial charge in [-0.1, -0.05) is 45.8 Å². The molecule has 12 heteroatoms. The molecule has 3 aromatic rings. The lowest BCUT2D eigenvalue weighted by atomic mass is 10.1. The summed E-state index contributed by atoms with van der Waals surface area (Å²) in [5.41, 5.74) is 4.11. The van der Waals surface area contributed by atoms with Crippen LogP contribution in [-0.4, -0.2) is 43.4 Å². The molecule has 0 bridgehead atoms. The topological polar surface area (TPSA) is 131 Å². The summed E-state index contributed by atoms with van der Waals surface area (Å²) in [6.07, 6.45) is 1.22. The lowest BCUT2D eigenvalue weighted by Crippen LogP contribution is -2.39. The monoisotopic (exact) mass is 574 g/mol. The Morgan fingerprint density at radius 1 is 1.14 bits per heavy atom. The molecule has 188 valence electrons. The van der Waals surface area contributed by atoms with Crippen LogP contribution >= 0.6 is 15.9 Å². The fraction of sp³-hybridized carbons (Fsp3) is 0.167. The van der Waals surface area contributed by atoms with E-state index in [9.17, 15) is 23.3 Å². The summed E-state index contributed by atoms with van der Waals surface area (Å²) in [5, 5.41) is 15.0. The van der Waals surface area contributed by atoms with Crippen molar-refractivity contribution >= 4 is 43.8 Å². The van der Waals surface area contributed by atoms with E-state index in [-0.39, 0.29) is 22.9 Å². The van der Waals surface area contributed by atoms with Crippen molar-refractivity contribution in [3.8, 4) is 5.75 Å². The van der Waals surface area contributed by atoms with Crippen LogP contribution in [-0.2, 0) is 21.4 Å². The number of rotatable bonds is 10. The highest BCUT2D eigenvalue weighted by Gasteiger charge is 2.27. The number of nitrogens with zero attached hydrogens (tertiary/aromatic N) is 3. The zero-order valence-corrected chi connectivity index (χ0v) is 21.8. The summed E-state index contributed by atoms with van der Waals surface area (Å²) >= 11 is 3.29. The molecule has 0 spiro atoms. The standard InChI is InChI=1S/C24H23BrN4O6S/c1-17-3-5-18(6-4-17)15-28(36(33,34)21-10-8-20(25)9-11-21)16-24(30)27-26-14-19-7-12-23(35-2)22(13-19)29(31)32/h3-14H,15-16H2,1-2H3,(H,27,30)/b26-14-. The van der Waals surface area contributed by atoms with Crippen molar-refractivity contribution in [1.82, 2.24) is 9.73 Å². The third-order valence-electron chi connectivity index (χ3n) is 5.05. The average molecular weight is 575 g/mol. The molecule has 0 atom stereocenters. The van der Waals surface area contributed by atoms with Crippen molar-refractivity contribution in [1.29, 1.82) is 0 Å². The molecule has 0 aliphatic rings. The summed E-state index contributed by atoms with van der Waals surface area (Å²) < 4.78 is 33.4. The van der Waals surface area contributed by atoms with E-state index < -0.39 is 27.4 Å². The van der Waals surface area contributed by atoms with Crippen LogP contribution in [0.3, 0.4) is 0 Å². The lowest BCUT2D eigenvalue weighted by molar-refractivity contribution is -0.385. The molecule has 0 aliphatic heterocycles. The van der Waals surface area contributed by atoms with Crippen LogP contribution in [0.15, 0.2) is 81.2 Å². The molecule has 0 aliphatic carbocycles. The number of nitro benzene ring substituents is 1. The van der Waals surface area contributed by atoms with Crippen LogP contribution in [0.2, 0.25) is 0 Å². The maximum absolute atomic E-state index is 13.3. The number of nitrogens with one attached hydrogen (secondary N) is 1. The Balaban J connectivity index is 1.78. The Hall–Kier alpha value is -3.61. The predicted octanol–water partition coefficient (Wildman–Crippen LogP) is 4.02. The quantitative estimate of drug-likeness (QED) is 0.221. The highest BCUT2D eigenvalue weighted by Crippen LogP contribution is 2.27. The number of hydrogen-bond acceptors (Lipinski definition) is 7. The molecule has 0 fully saturated rings.